The van der Waals surface area contributed by atoms with Crippen molar-refractivity contribution in [3.05, 3.63) is 0 Å². The topological polar surface area (TPSA) is 39.7 Å². The Morgan fingerprint density at radius 2 is 2.00 bits per heavy atom. The molecule has 2 aliphatic rings. The number of nitrogens with one attached hydrogen (secondary N) is 1. The summed E-state index contributed by atoms with van der Waals surface area (Å²) in [6.07, 6.45) is 7.18. The second-order valence-corrected chi connectivity index (χ2v) is 6.68. The Morgan fingerprint density at radius 1 is 1.24 bits per heavy atom. The highest BCUT2D eigenvalue weighted by Crippen LogP contribution is 2.39. The lowest BCUT2D eigenvalue weighted by atomic mass is 9.76. The van der Waals surface area contributed by atoms with E-state index in [4.69, 9.17) is 14.2 Å². The Morgan fingerprint density at radius 3 is 2.67 bits per heavy atom. The third kappa shape index (κ3) is 4.92. The van der Waals surface area contributed by atoms with Gasteiger partial charge in [0.15, 0.2) is 0 Å². The van der Waals surface area contributed by atoms with E-state index < -0.39 is 0 Å². The SMILES string of the molecule is CCNC(CCC(C)OC)C1CCOC2(CCOCC2)C1. The molecule has 1 N–H and O–H groups in total. The Labute approximate surface area is 129 Å². The normalized spacial score (nSPS) is 28.4. The molecule has 1 spiro atoms. The van der Waals surface area contributed by atoms with Crippen LogP contribution in [0.1, 0.15) is 52.4 Å². The van der Waals surface area contributed by atoms with Gasteiger partial charge < -0.3 is 19.5 Å². The molecule has 2 saturated heterocycles. The van der Waals surface area contributed by atoms with Crippen LogP contribution in [-0.4, -0.2) is 51.2 Å². The second kappa shape index (κ2) is 8.47. The van der Waals surface area contributed by atoms with Crippen LogP contribution in [0.3, 0.4) is 0 Å². The van der Waals surface area contributed by atoms with Crippen molar-refractivity contribution in [3.63, 3.8) is 0 Å². The Hall–Kier alpha value is -0.160. The highest BCUT2D eigenvalue weighted by molar-refractivity contribution is 4.92. The van der Waals surface area contributed by atoms with Gasteiger partial charge in [0.2, 0.25) is 0 Å². The van der Waals surface area contributed by atoms with E-state index in [0.29, 0.717) is 12.1 Å². The fourth-order valence-electron chi connectivity index (χ4n) is 3.80. The van der Waals surface area contributed by atoms with Gasteiger partial charge in [-0.05, 0) is 57.9 Å². The molecule has 0 amide bonds. The van der Waals surface area contributed by atoms with Gasteiger partial charge in [0.1, 0.15) is 0 Å². The molecule has 0 bridgehead atoms. The van der Waals surface area contributed by atoms with Gasteiger partial charge in [0, 0.05) is 33.0 Å². The van der Waals surface area contributed by atoms with Crippen LogP contribution < -0.4 is 5.32 Å². The predicted octanol–water partition coefficient (Wildman–Crippen LogP) is 2.76. The summed E-state index contributed by atoms with van der Waals surface area (Å²) in [7, 11) is 1.80. The van der Waals surface area contributed by atoms with Gasteiger partial charge in [0.25, 0.3) is 0 Å². The molecule has 21 heavy (non-hydrogen) atoms. The number of ether oxygens (including phenoxy) is 3. The Kier molecular flexibility index (Phi) is 6.93. The first-order valence-electron chi connectivity index (χ1n) is 8.67. The minimum atomic E-state index is 0.0989. The maximum absolute atomic E-state index is 6.18. The van der Waals surface area contributed by atoms with Crippen molar-refractivity contribution in [2.24, 2.45) is 5.92 Å². The molecule has 0 aromatic carbocycles. The maximum Gasteiger partial charge on any atom is 0.0729 e. The third-order valence-electron chi connectivity index (χ3n) is 5.26. The van der Waals surface area contributed by atoms with E-state index in [0.717, 1.165) is 51.5 Å². The Bertz CT molecular complexity index is 286. The molecule has 4 heteroatoms. The molecule has 3 unspecified atom stereocenters. The van der Waals surface area contributed by atoms with Crippen LogP contribution in [-0.2, 0) is 14.2 Å². The summed E-state index contributed by atoms with van der Waals surface area (Å²) in [5.74, 6) is 0.723. The highest BCUT2D eigenvalue weighted by Gasteiger charge is 2.41. The number of methoxy groups -OCH3 is 1. The van der Waals surface area contributed by atoms with Crippen LogP contribution in [0.2, 0.25) is 0 Å². The zero-order chi connectivity index (χ0) is 15.1. The summed E-state index contributed by atoms with van der Waals surface area (Å²) >= 11 is 0. The van der Waals surface area contributed by atoms with Gasteiger partial charge in [-0.15, -0.1) is 0 Å². The first-order chi connectivity index (χ1) is 10.2. The van der Waals surface area contributed by atoms with E-state index in [1.165, 1.54) is 19.3 Å². The zero-order valence-electron chi connectivity index (χ0n) is 14.0. The molecule has 0 aromatic rings. The van der Waals surface area contributed by atoms with Gasteiger partial charge in [-0.1, -0.05) is 6.92 Å². The lowest BCUT2D eigenvalue weighted by Crippen LogP contribution is -2.49. The lowest BCUT2D eigenvalue weighted by molar-refractivity contribution is -0.150. The standard InChI is InChI=1S/C17H33NO3/c1-4-18-16(6-5-14(2)19-3)15-7-10-21-17(13-15)8-11-20-12-9-17/h14-16,18H,4-13H2,1-3H3. The molecule has 0 radical (unpaired) electrons. The summed E-state index contributed by atoms with van der Waals surface area (Å²) in [5, 5.41) is 3.71. The molecule has 2 rings (SSSR count). The monoisotopic (exact) mass is 299 g/mol. The van der Waals surface area contributed by atoms with Gasteiger partial charge in [-0.25, -0.2) is 0 Å². The van der Waals surface area contributed by atoms with Crippen LogP contribution in [0, 0.1) is 5.92 Å². The summed E-state index contributed by atoms with van der Waals surface area (Å²) in [6, 6.07) is 0.594. The minimum absolute atomic E-state index is 0.0989. The molecule has 0 aromatic heterocycles. The fourth-order valence-corrected chi connectivity index (χ4v) is 3.80. The average molecular weight is 299 g/mol. The molecule has 3 atom stereocenters. The van der Waals surface area contributed by atoms with E-state index in [9.17, 15) is 0 Å². The molecule has 0 aliphatic carbocycles. The molecule has 124 valence electrons. The first-order valence-corrected chi connectivity index (χ1v) is 8.67. The molecule has 2 aliphatic heterocycles. The summed E-state index contributed by atoms with van der Waals surface area (Å²) < 4.78 is 17.1. The van der Waals surface area contributed by atoms with Crippen molar-refractivity contribution in [2.75, 3.05) is 33.5 Å². The summed E-state index contributed by atoms with van der Waals surface area (Å²) in [5.41, 5.74) is 0.0989. The van der Waals surface area contributed by atoms with Crippen LogP contribution >= 0.6 is 0 Å². The van der Waals surface area contributed by atoms with Crippen molar-refractivity contribution >= 4 is 0 Å². The Balaban J connectivity index is 1.91. The van der Waals surface area contributed by atoms with E-state index >= 15 is 0 Å². The van der Waals surface area contributed by atoms with E-state index in [1.807, 2.05) is 0 Å². The maximum atomic E-state index is 6.18. The summed E-state index contributed by atoms with van der Waals surface area (Å²) in [4.78, 5) is 0. The molecule has 0 saturated carbocycles. The predicted molar refractivity (Wildman–Crippen MR) is 84.6 cm³/mol. The van der Waals surface area contributed by atoms with Crippen LogP contribution in [0.4, 0.5) is 0 Å². The van der Waals surface area contributed by atoms with Crippen molar-refractivity contribution in [1.82, 2.24) is 5.32 Å². The molecule has 2 heterocycles. The average Bonchev–Trinajstić information content (AvgIpc) is 2.52. The van der Waals surface area contributed by atoms with Crippen molar-refractivity contribution < 1.29 is 14.2 Å². The van der Waals surface area contributed by atoms with E-state index in [2.05, 4.69) is 19.2 Å². The number of hydrogen-bond donors (Lipinski definition) is 1. The van der Waals surface area contributed by atoms with Gasteiger partial charge >= 0.3 is 0 Å². The van der Waals surface area contributed by atoms with Gasteiger partial charge in [0.05, 0.1) is 11.7 Å². The quantitative estimate of drug-likeness (QED) is 0.784. The first kappa shape index (κ1) is 17.2. The second-order valence-electron chi connectivity index (χ2n) is 6.68. The molecule has 2 fully saturated rings. The number of rotatable bonds is 7. The van der Waals surface area contributed by atoms with Gasteiger partial charge in [-0.2, -0.15) is 0 Å². The van der Waals surface area contributed by atoms with E-state index in [1.54, 1.807) is 7.11 Å². The highest BCUT2D eigenvalue weighted by atomic mass is 16.5. The van der Waals surface area contributed by atoms with Crippen molar-refractivity contribution in [1.29, 1.82) is 0 Å². The van der Waals surface area contributed by atoms with Crippen molar-refractivity contribution in [3.8, 4) is 0 Å². The minimum Gasteiger partial charge on any atom is -0.382 e. The smallest absolute Gasteiger partial charge is 0.0729 e. The molecular weight excluding hydrogens is 266 g/mol. The van der Waals surface area contributed by atoms with E-state index in [-0.39, 0.29) is 5.60 Å². The zero-order valence-corrected chi connectivity index (χ0v) is 14.0. The van der Waals surface area contributed by atoms with Crippen LogP contribution in [0.25, 0.3) is 0 Å². The summed E-state index contributed by atoms with van der Waals surface area (Å²) in [6.45, 7) is 8.04. The van der Waals surface area contributed by atoms with Crippen LogP contribution in [0.15, 0.2) is 0 Å². The molecular formula is C17H33NO3. The third-order valence-corrected chi connectivity index (χ3v) is 5.26. The van der Waals surface area contributed by atoms with Crippen LogP contribution in [0.5, 0.6) is 0 Å². The number of hydrogen-bond acceptors (Lipinski definition) is 4. The van der Waals surface area contributed by atoms with Gasteiger partial charge in [-0.3, -0.25) is 0 Å². The lowest BCUT2D eigenvalue weighted by Gasteiger charge is -2.45. The largest absolute Gasteiger partial charge is 0.382 e. The molecule has 4 nitrogen and oxygen atoms in total. The fraction of sp³-hybridized carbons (Fsp3) is 1.00. The van der Waals surface area contributed by atoms with Crippen molar-refractivity contribution in [2.45, 2.75) is 70.1 Å².